The number of hydrogen-bond donors (Lipinski definition) is 4. The summed E-state index contributed by atoms with van der Waals surface area (Å²) in [6, 6.07) is 23.1. The molecule has 0 aromatic heterocycles. The molecule has 7 atom stereocenters. The molecule has 0 spiro atoms. The van der Waals surface area contributed by atoms with Crippen LogP contribution in [0.15, 0.2) is 78.9 Å². The second-order valence-corrected chi connectivity index (χ2v) is 14.5. The van der Waals surface area contributed by atoms with Crippen LogP contribution in [0, 0.1) is 0 Å². The van der Waals surface area contributed by atoms with E-state index >= 15 is 0 Å². The maximum atomic E-state index is 13.2. The summed E-state index contributed by atoms with van der Waals surface area (Å²) >= 11 is 0. The number of nitrogens with one attached hydrogen (secondary N) is 1. The van der Waals surface area contributed by atoms with Gasteiger partial charge in [0.1, 0.15) is 35.5 Å². The van der Waals surface area contributed by atoms with E-state index in [1.165, 1.54) is 6.92 Å². The van der Waals surface area contributed by atoms with Crippen molar-refractivity contribution in [1.29, 1.82) is 0 Å². The maximum absolute atomic E-state index is 13.2. The van der Waals surface area contributed by atoms with Crippen molar-refractivity contribution in [2.45, 2.75) is 61.6 Å². The Morgan fingerprint density at radius 1 is 0.906 bits per heavy atom. The molecule has 3 amide bonds. The van der Waals surface area contributed by atoms with Crippen LogP contribution in [-0.4, -0.2) is 108 Å². The topological polar surface area (TPSA) is 209 Å². The number of ether oxygens (including phenoxy) is 5. The van der Waals surface area contributed by atoms with Gasteiger partial charge in [-0.1, -0.05) is 54.6 Å². The van der Waals surface area contributed by atoms with Crippen LogP contribution < -0.4 is 14.8 Å². The highest BCUT2D eigenvalue weighted by Gasteiger charge is 2.49. The molecular formula is C36H41N2O14P. The number of cyclic esters (lactones) is 1. The summed E-state index contributed by atoms with van der Waals surface area (Å²) in [5.41, 5.74) is -1.02. The number of esters is 1. The summed E-state index contributed by atoms with van der Waals surface area (Å²) in [6.07, 6.45) is -6.40. The van der Waals surface area contributed by atoms with E-state index in [-0.39, 0.29) is 19.4 Å². The molecule has 0 radical (unpaired) electrons. The number of rotatable bonds is 14. The van der Waals surface area contributed by atoms with Gasteiger partial charge in [0.05, 0.1) is 46.5 Å². The number of methoxy groups -OCH3 is 2. The quantitative estimate of drug-likeness (QED) is 0.106. The van der Waals surface area contributed by atoms with Crippen LogP contribution in [0.5, 0.6) is 11.5 Å². The Balaban J connectivity index is 1.18. The van der Waals surface area contributed by atoms with Gasteiger partial charge < -0.3 is 38.8 Å². The fourth-order valence-corrected chi connectivity index (χ4v) is 7.50. The standard InChI is InChI=1S/C36H41N2O14P/c1-35(43)21-38(34(42)37-33(35)41)31-17-27(39)29(50-31)20-49-53(44,45)52-28-18-32(40)51-30(28)19-48-36(22-7-5-4-6-8-22,23-9-13-25(46-2)14-10-23)24-11-15-26(47-3)16-12-24/h4-16,27-31,39,43H,17-21H2,1-3H3,(H,44,45)(H,37,41,42)/t27-,28-,29+,30+,31+,35?/m0/s1. The van der Waals surface area contributed by atoms with Crippen molar-refractivity contribution >= 4 is 25.7 Å². The van der Waals surface area contributed by atoms with Gasteiger partial charge in [-0.3, -0.25) is 28.9 Å². The normalized spacial score (nSPS) is 27.2. The number of amides is 3. The first kappa shape index (κ1) is 38.3. The highest BCUT2D eigenvalue weighted by molar-refractivity contribution is 7.47. The van der Waals surface area contributed by atoms with Crippen LogP contribution in [0.3, 0.4) is 0 Å². The lowest BCUT2D eigenvalue weighted by Gasteiger charge is -2.38. The minimum atomic E-state index is -4.92. The van der Waals surface area contributed by atoms with Crippen molar-refractivity contribution in [2.75, 3.05) is 34.0 Å². The number of carbonyl (C=O) groups excluding carboxylic acids is 3. The van der Waals surface area contributed by atoms with Gasteiger partial charge >= 0.3 is 19.8 Å². The van der Waals surface area contributed by atoms with Gasteiger partial charge in [0.25, 0.3) is 5.91 Å². The molecule has 3 fully saturated rings. The predicted octanol–water partition coefficient (Wildman–Crippen LogP) is 2.61. The summed E-state index contributed by atoms with van der Waals surface area (Å²) in [7, 11) is -1.80. The maximum Gasteiger partial charge on any atom is 0.472 e. The zero-order chi connectivity index (χ0) is 38.0. The number of aliphatic hydroxyl groups is 2. The smallest absolute Gasteiger partial charge is 0.472 e. The Hall–Kier alpha value is -4.38. The van der Waals surface area contributed by atoms with E-state index in [1.54, 1.807) is 38.5 Å². The van der Waals surface area contributed by atoms with Gasteiger partial charge in [0, 0.05) is 6.42 Å². The fourth-order valence-electron chi connectivity index (χ4n) is 6.55. The van der Waals surface area contributed by atoms with Crippen LogP contribution in [0.4, 0.5) is 4.79 Å². The molecule has 284 valence electrons. The molecule has 0 bridgehead atoms. The van der Waals surface area contributed by atoms with Crippen LogP contribution in [0.2, 0.25) is 0 Å². The number of β-amino-alcohol motifs (C(OH)–C–C–N with tert-alkyl or cyclic N) is 1. The average Bonchev–Trinajstić information content (AvgIpc) is 3.69. The zero-order valence-electron chi connectivity index (χ0n) is 29.2. The SMILES string of the molecule is COc1ccc(C(OC[C@H]2OC(=O)C[C@@H]2OP(=O)(O)OC[C@H]2O[C@@H](N3CC(C)(O)C(=O)NC3=O)C[C@@H]2O)(c2ccccc2)c2ccc(OC)cc2)cc1. The number of carbonyl (C=O) groups is 3. The highest BCUT2D eigenvalue weighted by Crippen LogP contribution is 2.48. The third-order valence-corrected chi connectivity index (χ3v) is 10.4. The molecule has 0 saturated carbocycles. The van der Waals surface area contributed by atoms with E-state index < -0.39 is 80.7 Å². The van der Waals surface area contributed by atoms with Crippen molar-refractivity contribution in [3.63, 3.8) is 0 Å². The van der Waals surface area contributed by atoms with E-state index in [1.807, 2.05) is 59.9 Å². The van der Waals surface area contributed by atoms with Crippen molar-refractivity contribution in [3.05, 3.63) is 95.6 Å². The number of phosphoric ester groups is 1. The number of benzene rings is 3. The van der Waals surface area contributed by atoms with Crippen molar-refractivity contribution < 1.29 is 66.8 Å². The van der Waals surface area contributed by atoms with Crippen molar-refractivity contribution in [2.24, 2.45) is 0 Å². The molecule has 16 nitrogen and oxygen atoms in total. The molecule has 4 N–H and O–H groups in total. The number of imide groups is 1. The number of urea groups is 1. The molecule has 3 aromatic rings. The summed E-state index contributed by atoms with van der Waals surface area (Å²) < 4.78 is 52.7. The lowest BCUT2D eigenvalue weighted by molar-refractivity contribution is -0.147. The number of nitrogens with zero attached hydrogens (tertiary/aromatic N) is 1. The molecule has 17 heteroatoms. The van der Waals surface area contributed by atoms with E-state index in [0.29, 0.717) is 22.6 Å². The molecule has 3 aliphatic rings. The van der Waals surface area contributed by atoms with Crippen molar-refractivity contribution in [1.82, 2.24) is 10.2 Å². The fraction of sp³-hybridized carbons (Fsp3) is 0.417. The van der Waals surface area contributed by atoms with Crippen LogP contribution in [0.1, 0.15) is 36.5 Å². The molecule has 3 aromatic carbocycles. The van der Waals surface area contributed by atoms with Gasteiger partial charge in [-0.15, -0.1) is 0 Å². The van der Waals surface area contributed by atoms with Crippen LogP contribution in [0.25, 0.3) is 0 Å². The summed E-state index contributed by atoms with van der Waals surface area (Å²) in [5.74, 6) is -0.319. The number of phosphoric acid groups is 1. The molecule has 0 aliphatic carbocycles. The lowest BCUT2D eigenvalue weighted by Crippen LogP contribution is -2.65. The Labute approximate surface area is 305 Å². The average molecular weight is 757 g/mol. The third kappa shape index (κ3) is 8.25. The molecule has 53 heavy (non-hydrogen) atoms. The first-order valence-corrected chi connectivity index (χ1v) is 18.3. The van der Waals surface area contributed by atoms with Gasteiger partial charge in [0.2, 0.25) is 0 Å². The number of hydrogen-bond acceptors (Lipinski definition) is 13. The Morgan fingerprint density at radius 3 is 2.08 bits per heavy atom. The highest BCUT2D eigenvalue weighted by atomic mass is 31.2. The van der Waals surface area contributed by atoms with Crippen LogP contribution in [-0.2, 0) is 43.0 Å². The summed E-state index contributed by atoms with van der Waals surface area (Å²) in [5, 5.41) is 22.9. The second kappa shape index (κ2) is 15.5. The zero-order valence-corrected chi connectivity index (χ0v) is 30.0. The lowest BCUT2D eigenvalue weighted by atomic mass is 9.80. The van der Waals surface area contributed by atoms with E-state index in [2.05, 4.69) is 0 Å². The Kier molecular flexibility index (Phi) is 11.2. The van der Waals surface area contributed by atoms with E-state index in [9.17, 15) is 34.1 Å². The van der Waals surface area contributed by atoms with E-state index in [4.69, 9.17) is 32.7 Å². The molecular weight excluding hydrogens is 715 g/mol. The first-order valence-electron chi connectivity index (χ1n) is 16.8. The summed E-state index contributed by atoms with van der Waals surface area (Å²) in [4.78, 5) is 48.7. The summed E-state index contributed by atoms with van der Waals surface area (Å²) in [6.45, 7) is -0.0841. The molecule has 3 heterocycles. The Bertz CT molecular complexity index is 1780. The second-order valence-electron chi connectivity index (χ2n) is 13.0. The molecule has 6 rings (SSSR count). The van der Waals surface area contributed by atoms with Crippen LogP contribution >= 0.6 is 7.82 Å². The Morgan fingerprint density at radius 2 is 1.49 bits per heavy atom. The van der Waals surface area contributed by atoms with Gasteiger partial charge in [0.15, 0.2) is 11.7 Å². The molecule has 3 saturated heterocycles. The molecule has 2 unspecified atom stereocenters. The molecule has 3 aliphatic heterocycles. The van der Waals surface area contributed by atoms with Gasteiger partial charge in [-0.2, -0.15) is 0 Å². The van der Waals surface area contributed by atoms with Gasteiger partial charge in [-0.05, 0) is 47.9 Å². The predicted molar refractivity (Wildman–Crippen MR) is 184 cm³/mol. The number of aliphatic hydroxyl groups excluding tert-OH is 1. The van der Waals surface area contributed by atoms with Crippen molar-refractivity contribution in [3.8, 4) is 11.5 Å². The third-order valence-electron chi connectivity index (χ3n) is 9.37. The minimum Gasteiger partial charge on any atom is -0.497 e. The minimum absolute atomic E-state index is 0.127. The monoisotopic (exact) mass is 756 g/mol. The van der Waals surface area contributed by atoms with E-state index in [0.717, 1.165) is 10.5 Å². The first-order chi connectivity index (χ1) is 25.2. The van der Waals surface area contributed by atoms with Gasteiger partial charge in [-0.25, -0.2) is 9.36 Å². The largest absolute Gasteiger partial charge is 0.497 e.